The van der Waals surface area contributed by atoms with Crippen molar-refractivity contribution in [3.63, 3.8) is 0 Å². The Labute approximate surface area is 126 Å². The number of nitrogens with zero attached hydrogens (tertiary/aromatic N) is 2. The third kappa shape index (κ3) is 2.90. The number of aromatic nitrogens is 1. The molecule has 20 heavy (non-hydrogen) atoms. The molecule has 0 aliphatic carbocycles. The molecule has 1 saturated heterocycles. The molecule has 1 unspecified atom stereocenters. The first-order valence-corrected chi connectivity index (χ1v) is 8.16. The molecular formula is C11H13Cl2N3O3S. The van der Waals surface area contributed by atoms with Crippen LogP contribution in [0.3, 0.4) is 0 Å². The minimum Gasteiger partial charge on any atom is -0.368 e. The lowest BCUT2D eigenvalue weighted by Gasteiger charge is -2.32. The van der Waals surface area contributed by atoms with Gasteiger partial charge in [0.2, 0.25) is 15.9 Å². The fraction of sp³-hybridized carbons (Fsp3) is 0.455. The third-order valence-electron chi connectivity index (χ3n) is 3.16. The maximum Gasteiger partial charge on any atom is 0.245 e. The van der Waals surface area contributed by atoms with Crippen LogP contribution < -0.4 is 5.73 Å². The summed E-state index contributed by atoms with van der Waals surface area (Å²) >= 11 is 11.5. The van der Waals surface area contributed by atoms with E-state index >= 15 is 0 Å². The van der Waals surface area contributed by atoms with E-state index in [0.29, 0.717) is 12.8 Å². The van der Waals surface area contributed by atoms with Gasteiger partial charge in [0.15, 0.2) is 0 Å². The van der Waals surface area contributed by atoms with Gasteiger partial charge < -0.3 is 5.73 Å². The first-order chi connectivity index (χ1) is 9.34. The highest BCUT2D eigenvalue weighted by Crippen LogP contribution is 2.28. The molecular weight excluding hydrogens is 325 g/mol. The monoisotopic (exact) mass is 337 g/mol. The summed E-state index contributed by atoms with van der Waals surface area (Å²) in [5.74, 6) is -0.652. The number of rotatable bonds is 3. The van der Waals surface area contributed by atoms with E-state index in [9.17, 15) is 13.2 Å². The van der Waals surface area contributed by atoms with Crippen LogP contribution in [0.1, 0.15) is 19.3 Å². The predicted octanol–water partition coefficient (Wildman–Crippen LogP) is 1.42. The highest BCUT2D eigenvalue weighted by molar-refractivity contribution is 7.89. The van der Waals surface area contributed by atoms with Crippen molar-refractivity contribution in [2.45, 2.75) is 30.2 Å². The molecule has 1 aliphatic heterocycles. The van der Waals surface area contributed by atoms with Crippen molar-refractivity contribution in [2.24, 2.45) is 5.73 Å². The topological polar surface area (TPSA) is 93.4 Å². The van der Waals surface area contributed by atoms with Gasteiger partial charge in [0.05, 0.1) is 5.02 Å². The number of halogens is 2. The molecule has 2 rings (SSSR count). The average Bonchev–Trinajstić information content (AvgIpc) is 2.41. The molecule has 0 radical (unpaired) electrons. The Morgan fingerprint density at radius 2 is 2.10 bits per heavy atom. The minimum absolute atomic E-state index is 0.0238. The second-order valence-electron chi connectivity index (χ2n) is 4.47. The summed E-state index contributed by atoms with van der Waals surface area (Å²) < 4.78 is 26.2. The molecule has 1 amide bonds. The Morgan fingerprint density at radius 3 is 2.70 bits per heavy atom. The van der Waals surface area contributed by atoms with Gasteiger partial charge in [0, 0.05) is 12.7 Å². The van der Waals surface area contributed by atoms with E-state index in [2.05, 4.69) is 4.98 Å². The SMILES string of the molecule is NC(=O)C1CCCCN1S(=O)(=O)c1cnc(Cl)c(Cl)c1. The molecule has 1 fully saturated rings. The number of amides is 1. The lowest BCUT2D eigenvalue weighted by atomic mass is 10.0. The number of nitrogens with two attached hydrogens (primary N) is 1. The number of hydrogen-bond donors (Lipinski definition) is 1. The zero-order chi connectivity index (χ0) is 14.9. The summed E-state index contributed by atoms with van der Waals surface area (Å²) in [4.78, 5) is 15.0. The summed E-state index contributed by atoms with van der Waals surface area (Å²) in [7, 11) is -3.87. The number of sulfonamides is 1. The van der Waals surface area contributed by atoms with Crippen LogP contribution in [0.25, 0.3) is 0 Å². The van der Waals surface area contributed by atoms with Gasteiger partial charge in [-0.2, -0.15) is 4.31 Å². The summed E-state index contributed by atoms with van der Waals surface area (Å²) in [5.41, 5.74) is 5.28. The van der Waals surface area contributed by atoms with Crippen molar-refractivity contribution < 1.29 is 13.2 Å². The van der Waals surface area contributed by atoms with Gasteiger partial charge in [-0.15, -0.1) is 0 Å². The highest BCUT2D eigenvalue weighted by atomic mass is 35.5. The number of carbonyl (C=O) groups excluding carboxylic acids is 1. The van der Waals surface area contributed by atoms with Crippen molar-refractivity contribution in [2.75, 3.05) is 6.54 Å². The second kappa shape index (κ2) is 5.85. The maximum absolute atomic E-state index is 12.5. The lowest BCUT2D eigenvalue weighted by molar-refractivity contribution is -0.122. The first-order valence-electron chi connectivity index (χ1n) is 5.96. The summed E-state index contributed by atoms with van der Waals surface area (Å²) in [5, 5.41) is 0.0658. The summed E-state index contributed by atoms with van der Waals surface area (Å²) in [6.45, 7) is 0.246. The standard InChI is InChI=1S/C11H13Cl2N3O3S/c12-8-5-7(6-15-10(8)13)20(18,19)16-4-2-1-3-9(16)11(14)17/h5-6,9H,1-4H2,(H2,14,17). The zero-order valence-electron chi connectivity index (χ0n) is 10.4. The van der Waals surface area contributed by atoms with E-state index < -0.39 is 22.0 Å². The van der Waals surface area contributed by atoms with Gasteiger partial charge in [0.25, 0.3) is 0 Å². The van der Waals surface area contributed by atoms with Crippen LogP contribution in [0.5, 0.6) is 0 Å². The van der Waals surface area contributed by atoms with Crippen LogP contribution in [0, 0.1) is 0 Å². The van der Waals surface area contributed by atoms with E-state index in [-0.39, 0.29) is 21.6 Å². The van der Waals surface area contributed by atoms with Crippen LogP contribution in [-0.2, 0) is 14.8 Å². The molecule has 6 nitrogen and oxygen atoms in total. The number of piperidine rings is 1. The van der Waals surface area contributed by atoms with E-state index in [1.54, 1.807) is 0 Å². The molecule has 1 aromatic rings. The van der Waals surface area contributed by atoms with Crippen LogP contribution in [0.2, 0.25) is 10.2 Å². The molecule has 0 bridgehead atoms. The number of pyridine rings is 1. The van der Waals surface area contributed by atoms with Gasteiger partial charge in [-0.3, -0.25) is 4.79 Å². The fourth-order valence-corrected chi connectivity index (χ4v) is 4.13. The number of primary amides is 1. The molecule has 110 valence electrons. The van der Waals surface area contributed by atoms with Crippen LogP contribution in [-0.4, -0.2) is 36.2 Å². The molecule has 2 heterocycles. The van der Waals surface area contributed by atoms with E-state index in [1.807, 2.05) is 0 Å². The maximum atomic E-state index is 12.5. The fourth-order valence-electron chi connectivity index (χ4n) is 2.16. The highest BCUT2D eigenvalue weighted by Gasteiger charge is 2.36. The van der Waals surface area contributed by atoms with Crippen molar-refractivity contribution in [1.82, 2.24) is 9.29 Å². The smallest absolute Gasteiger partial charge is 0.245 e. The molecule has 1 atom stereocenters. The van der Waals surface area contributed by atoms with Crippen molar-refractivity contribution in [3.8, 4) is 0 Å². The largest absolute Gasteiger partial charge is 0.368 e. The Balaban J connectivity index is 2.42. The molecule has 0 saturated carbocycles. The molecule has 1 aromatic heterocycles. The van der Waals surface area contributed by atoms with E-state index in [4.69, 9.17) is 28.9 Å². The molecule has 9 heteroatoms. The molecule has 0 aromatic carbocycles. The normalized spacial score (nSPS) is 20.8. The third-order valence-corrected chi connectivity index (χ3v) is 5.72. The van der Waals surface area contributed by atoms with Crippen molar-refractivity contribution in [3.05, 3.63) is 22.4 Å². The number of hydrogen-bond acceptors (Lipinski definition) is 4. The molecule has 2 N–H and O–H groups in total. The van der Waals surface area contributed by atoms with Gasteiger partial charge in [0.1, 0.15) is 16.1 Å². The quantitative estimate of drug-likeness (QED) is 0.844. The average molecular weight is 338 g/mol. The molecule has 1 aliphatic rings. The second-order valence-corrected chi connectivity index (χ2v) is 7.13. The Hall–Kier alpha value is -0.890. The summed E-state index contributed by atoms with van der Waals surface area (Å²) in [6.07, 6.45) is 2.98. The Morgan fingerprint density at radius 1 is 1.40 bits per heavy atom. The molecule has 0 spiro atoms. The minimum atomic E-state index is -3.87. The summed E-state index contributed by atoms with van der Waals surface area (Å²) in [6, 6.07) is 0.391. The predicted molar refractivity (Wildman–Crippen MR) is 75.0 cm³/mol. The van der Waals surface area contributed by atoms with Gasteiger partial charge >= 0.3 is 0 Å². The van der Waals surface area contributed by atoms with Crippen molar-refractivity contribution in [1.29, 1.82) is 0 Å². The van der Waals surface area contributed by atoms with Crippen LogP contribution >= 0.6 is 23.2 Å². The first kappa shape index (κ1) is 15.5. The van der Waals surface area contributed by atoms with Gasteiger partial charge in [-0.1, -0.05) is 29.6 Å². The van der Waals surface area contributed by atoms with Crippen LogP contribution in [0.4, 0.5) is 0 Å². The van der Waals surface area contributed by atoms with Gasteiger partial charge in [-0.05, 0) is 18.9 Å². The lowest BCUT2D eigenvalue weighted by Crippen LogP contribution is -2.50. The van der Waals surface area contributed by atoms with E-state index in [1.165, 1.54) is 6.07 Å². The van der Waals surface area contributed by atoms with Crippen molar-refractivity contribution >= 4 is 39.1 Å². The van der Waals surface area contributed by atoms with Crippen LogP contribution in [0.15, 0.2) is 17.2 Å². The zero-order valence-corrected chi connectivity index (χ0v) is 12.7. The number of carbonyl (C=O) groups is 1. The Kier molecular flexibility index (Phi) is 4.53. The van der Waals surface area contributed by atoms with Gasteiger partial charge in [-0.25, -0.2) is 13.4 Å². The van der Waals surface area contributed by atoms with E-state index in [0.717, 1.165) is 16.9 Å². The Bertz CT molecular complexity index is 636.